The lowest BCUT2D eigenvalue weighted by Crippen LogP contribution is -2.09. The standard InChI is InChI=1S/C68H34N4O2S2/c1-70-59-56(37-16-4-2-5-17-37)50(36-69)60(71-51-35-34-45-39-20-8-12-24-52(39)73-65(45)58(51)49-33-30-46-40-21-9-13-25-53(40)74-66(46)61(49)71)57(38-18-6-3-7-19-38)64(59)72-62-43(28-31-47-41-22-10-14-26-54(41)75-67(47)62)44-29-32-48-42-23-11-15-27-55(42)76-68(48)63(44)72/h2-35H. The van der Waals surface area contributed by atoms with Crippen LogP contribution in [0.4, 0.5) is 5.69 Å². The molecule has 17 rings (SSSR count). The summed E-state index contributed by atoms with van der Waals surface area (Å²) in [7, 11) is 0. The van der Waals surface area contributed by atoms with Crippen molar-refractivity contribution in [3.63, 3.8) is 0 Å². The first-order valence-electron chi connectivity index (χ1n) is 25.2. The molecule has 0 aliphatic rings. The molecular weight excluding hydrogens is 969 g/mol. The molecule has 76 heavy (non-hydrogen) atoms. The molecule has 0 aliphatic carbocycles. The van der Waals surface area contributed by atoms with Gasteiger partial charge >= 0.3 is 0 Å². The number of benzene rings is 11. The molecule has 0 bridgehead atoms. The summed E-state index contributed by atoms with van der Waals surface area (Å²) in [6, 6.07) is 74.7. The van der Waals surface area contributed by atoms with Crippen LogP contribution in [-0.2, 0) is 0 Å². The molecule has 6 aromatic heterocycles. The summed E-state index contributed by atoms with van der Waals surface area (Å²) in [4.78, 5) is 4.69. The Kier molecular flexibility index (Phi) is 8.36. The molecule has 8 heteroatoms. The van der Waals surface area contributed by atoms with Crippen molar-refractivity contribution in [3.8, 4) is 39.7 Å². The second-order valence-electron chi connectivity index (χ2n) is 19.5. The summed E-state index contributed by atoms with van der Waals surface area (Å²) >= 11 is 3.57. The number of fused-ring (bicyclic) bond motifs is 22. The van der Waals surface area contributed by atoms with Gasteiger partial charge in [-0.2, -0.15) is 5.26 Å². The predicted molar refractivity (Wildman–Crippen MR) is 317 cm³/mol. The van der Waals surface area contributed by atoms with Gasteiger partial charge in [0.15, 0.2) is 5.58 Å². The molecule has 0 amide bonds. The highest BCUT2D eigenvalue weighted by molar-refractivity contribution is 7.27. The van der Waals surface area contributed by atoms with Crippen molar-refractivity contribution >= 4 is 156 Å². The molecule has 6 heterocycles. The lowest BCUT2D eigenvalue weighted by Gasteiger charge is -2.26. The largest absolute Gasteiger partial charge is 0.455 e. The van der Waals surface area contributed by atoms with Crippen LogP contribution in [0.5, 0.6) is 0 Å². The monoisotopic (exact) mass is 1000 g/mol. The van der Waals surface area contributed by atoms with E-state index in [1.54, 1.807) is 22.7 Å². The SMILES string of the molecule is [C-]#[N+]c1c(-c2ccccc2)c(C#N)c(-n2c3ccc4c5ccccc5oc4c3c3ccc4c5ccccc5oc4c32)c(-c2ccccc2)c1-n1c2c(ccc3c4ccccc4sc32)c2ccc3c4ccccc4sc3c21. The molecular formula is C68H34N4O2S2. The van der Waals surface area contributed by atoms with E-state index in [0.717, 1.165) is 119 Å². The van der Waals surface area contributed by atoms with Crippen molar-refractivity contribution in [2.24, 2.45) is 0 Å². The number of hydrogen-bond acceptors (Lipinski definition) is 5. The zero-order valence-corrected chi connectivity index (χ0v) is 41.7. The van der Waals surface area contributed by atoms with E-state index in [9.17, 15) is 11.8 Å². The fourth-order valence-corrected chi connectivity index (χ4v) is 15.2. The molecule has 0 unspecified atom stereocenters. The summed E-state index contributed by atoms with van der Waals surface area (Å²) in [6.07, 6.45) is 0. The number of hydrogen-bond donors (Lipinski definition) is 0. The average Bonchev–Trinajstić information content (AvgIpc) is 4.50. The first-order valence-corrected chi connectivity index (χ1v) is 26.8. The van der Waals surface area contributed by atoms with Crippen molar-refractivity contribution in [1.29, 1.82) is 5.26 Å². The zero-order chi connectivity index (χ0) is 49.9. The van der Waals surface area contributed by atoms with Gasteiger partial charge in [-0.1, -0.05) is 164 Å². The Morgan fingerprint density at radius 3 is 1.47 bits per heavy atom. The van der Waals surface area contributed by atoms with Crippen LogP contribution in [0.25, 0.3) is 166 Å². The molecule has 0 saturated heterocycles. The smallest absolute Gasteiger partial charge is 0.220 e. The maximum absolute atomic E-state index is 12.3. The van der Waals surface area contributed by atoms with Gasteiger partial charge < -0.3 is 18.0 Å². The first-order chi connectivity index (χ1) is 37.7. The van der Waals surface area contributed by atoms with Gasteiger partial charge in [0.25, 0.3) is 0 Å². The van der Waals surface area contributed by atoms with Crippen LogP contribution in [0.1, 0.15) is 5.56 Å². The molecule has 0 aliphatic heterocycles. The second kappa shape index (κ2) is 15.3. The molecule has 0 spiro atoms. The van der Waals surface area contributed by atoms with Gasteiger partial charge in [0.1, 0.15) is 22.8 Å². The van der Waals surface area contributed by atoms with Crippen molar-refractivity contribution < 1.29 is 8.83 Å². The Labute approximate surface area is 439 Å². The first kappa shape index (κ1) is 41.5. The average molecular weight is 1000 g/mol. The Bertz CT molecular complexity index is 5370. The second-order valence-corrected chi connectivity index (χ2v) is 21.6. The third kappa shape index (κ3) is 5.35. The topological polar surface area (TPSA) is 64.3 Å². The summed E-state index contributed by atoms with van der Waals surface area (Å²) in [5.41, 5.74) is 11.7. The van der Waals surface area contributed by atoms with Crippen molar-refractivity contribution in [2.75, 3.05) is 0 Å². The van der Waals surface area contributed by atoms with Gasteiger partial charge in [-0.05, 0) is 53.6 Å². The highest BCUT2D eigenvalue weighted by atomic mass is 32.1. The van der Waals surface area contributed by atoms with Gasteiger partial charge in [0.05, 0.1) is 60.4 Å². The van der Waals surface area contributed by atoms with Crippen LogP contribution in [0.2, 0.25) is 0 Å². The van der Waals surface area contributed by atoms with Gasteiger partial charge in [0.2, 0.25) is 5.69 Å². The van der Waals surface area contributed by atoms with E-state index in [1.807, 2.05) is 72.8 Å². The molecule has 350 valence electrons. The maximum Gasteiger partial charge on any atom is 0.220 e. The molecule has 6 nitrogen and oxygen atoms in total. The van der Waals surface area contributed by atoms with Crippen LogP contribution < -0.4 is 0 Å². The van der Waals surface area contributed by atoms with Crippen LogP contribution >= 0.6 is 22.7 Å². The summed E-state index contributed by atoms with van der Waals surface area (Å²) in [6.45, 7) is 9.62. The predicted octanol–water partition coefficient (Wildman–Crippen LogP) is 20.2. The van der Waals surface area contributed by atoms with Crippen LogP contribution in [0, 0.1) is 17.9 Å². The third-order valence-electron chi connectivity index (χ3n) is 15.8. The Morgan fingerprint density at radius 1 is 0.408 bits per heavy atom. The molecule has 0 saturated carbocycles. The normalized spacial score (nSPS) is 12.2. The van der Waals surface area contributed by atoms with E-state index in [4.69, 9.17) is 13.7 Å². The van der Waals surface area contributed by atoms with Gasteiger partial charge in [0, 0.05) is 79.8 Å². The summed E-state index contributed by atoms with van der Waals surface area (Å²) < 4.78 is 23.4. The summed E-state index contributed by atoms with van der Waals surface area (Å²) in [5.74, 6) is 0. The number of nitriles is 1. The van der Waals surface area contributed by atoms with Crippen molar-refractivity contribution in [3.05, 3.63) is 223 Å². The summed E-state index contributed by atoms with van der Waals surface area (Å²) in [5, 5.41) is 24.9. The molecule has 17 aromatic rings. The molecule has 0 radical (unpaired) electrons. The molecule has 11 aromatic carbocycles. The van der Waals surface area contributed by atoms with E-state index in [-0.39, 0.29) is 0 Å². The number of nitrogens with zero attached hydrogens (tertiary/aromatic N) is 4. The molecule has 0 fully saturated rings. The Balaban J connectivity index is 1.19. The van der Waals surface area contributed by atoms with Crippen LogP contribution in [0.15, 0.2) is 215 Å². The van der Waals surface area contributed by atoms with Gasteiger partial charge in [-0.3, -0.25) is 0 Å². The van der Waals surface area contributed by atoms with E-state index in [2.05, 4.69) is 149 Å². The highest BCUT2D eigenvalue weighted by Gasteiger charge is 2.34. The van der Waals surface area contributed by atoms with Crippen LogP contribution in [0.3, 0.4) is 0 Å². The number of para-hydroxylation sites is 2. The van der Waals surface area contributed by atoms with E-state index >= 15 is 0 Å². The van der Waals surface area contributed by atoms with Crippen molar-refractivity contribution in [2.45, 2.75) is 0 Å². The lowest BCUT2D eigenvalue weighted by molar-refractivity contribution is 0.671. The van der Waals surface area contributed by atoms with Gasteiger partial charge in [-0.25, -0.2) is 4.85 Å². The fourth-order valence-electron chi connectivity index (χ4n) is 12.7. The molecule has 0 atom stereocenters. The highest BCUT2D eigenvalue weighted by Crippen LogP contribution is 2.56. The van der Waals surface area contributed by atoms with Gasteiger partial charge in [-0.15, -0.1) is 22.7 Å². The number of thiophene rings is 2. The van der Waals surface area contributed by atoms with E-state index in [0.29, 0.717) is 33.8 Å². The quantitative estimate of drug-likeness (QED) is 0.165. The number of rotatable bonds is 4. The fraction of sp³-hybridized carbons (Fsp3) is 0. The van der Waals surface area contributed by atoms with E-state index in [1.165, 1.54) is 20.2 Å². The minimum Gasteiger partial charge on any atom is -0.455 e. The maximum atomic E-state index is 12.3. The van der Waals surface area contributed by atoms with E-state index < -0.39 is 0 Å². The minimum atomic E-state index is 0.371. The number of aromatic nitrogens is 2. The zero-order valence-electron chi connectivity index (χ0n) is 40.1. The minimum absolute atomic E-state index is 0.371. The van der Waals surface area contributed by atoms with Crippen LogP contribution in [-0.4, -0.2) is 9.13 Å². The third-order valence-corrected chi connectivity index (χ3v) is 18.2. The Morgan fingerprint density at radius 2 is 0.882 bits per heavy atom. The van der Waals surface area contributed by atoms with Crippen molar-refractivity contribution in [1.82, 2.24) is 9.13 Å². The number of furan rings is 2. The molecule has 0 N–H and O–H groups in total. The lowest BCUT2D eigenvalue weighted by atomic mass is 9.88. The Hall–Kier alpha value is -9.96.